The fraction of sp³-hybridized carbons (Fsp3) is 0.300. The van der Waals surface area contributed by atoms with Crippen molar-refractivity contribution in [3.05, 3.63) is 64.7 Å². The van der Waals surface area contributed by atoms with Crippen LogP contribution < -0.4 is 4.74 Å². The first kappa shape index (κ1) is 21.5. The second-order valence-electron chi connectivity index (χ2n) is 6.05. The number of hydrogen-bond acceptors (Lipinski definition) is 3. The van der Waals surface area contributed by atoms with Gasteiger partial charge in [-0.3, -0.25) is 0 Å². The lowest BCUT2D eigenvalue weighted by Crippen LogP contribution is -2.20. The van der Waals surface area contributed by atoms with Gasteiger partial charge in [0.25, 0.3) is 0 Å². The molecule has 0 aliphatic rings. The highest BCUT2D eigenvalue weighted by molar-refractivity contribution is 5.82. The molecule has 8 heteroatoms. The van der Waals surface area contributed by atoms with Gasteiger partial charge >= 0.3 is 6.18 Å². The fourth-order valence-corrected chi connectivity index (χ4v) is 2.30. The average Bonchev–Trinajstić information content (AvgIpc) is 2.63. The molecular weight excluding hydrogens is 379 g/mol. The average molecular weight is 398 g/mol. The Morgan fingerprint density at radius 2 is 1.50 bits per heavy atom. The summed E-state index contributed by atoms with van der Waals surface area (Å²) in [5.74, 6) is -3.59. The van der Waals surface area contributed by atoms with Crippen molar-refractivity contribution in [1.29, 1.82) is 0 Å². The van der Waals surface area contributed by atoms with Gasteiger partial charge in [0, 0.05) is 5.56 Å². The van der Waals surface area contributed by atoms with Gasteiger partial charge in [-0.1, -0.05) is 37.6 Å². The Morgan fingerprint density at radius 3 is 2.04 bits per heavy atom. The minimum Gasteiger partial charge on any atom is -0.478 e. The maximum atomic E-state index is 13.8. The summed E-state index contributed by atoms with van der Waals surface area (Å²) >= 11 is 0. The topological polar surface area (TPSA) is 34.0 Å². The van der Waals surface area contributed by atoms with Crippen LogP contribution in [0, 0.1) is 11.6 Å². The summed E-state index contributed by atoms with van der Waals surface area (Å²) < 4.78 is 68.0. The highest BCUT2D eigenvalue weighted by atomic mass is 19.4. The zero-order valence-electron chi connectivity index (χ0n) is 15.1. The molecule has 0 N–H and O–H groups in total. The second-order valence-corrected chi connectivity index (χ2v) is 6.05. The summed E-state index contributed by atoms with van der Waals surface area (Å²) in [6.07, 6.45) is 1.12. The van der Waals surface area contributed by atoms with E-state index in [1.807, 2.05) is 24.3 Å². The smallest absolute Gasteiger partial charge is 0.422 e. The lowest BCUT2D eigenvalue weighted by Gasteiger charge is -2.10. The summed E-state index contributed by atoms with van der Waals surface area (Å²) in [6, 6.07) is 9.38. The van der Waals surface area contributed by atoms with Gasteiger partial charge in [-0.2, -0.15) is 23.4 Å². The third-order valence-corrected chi connectivity index (χ3v) is 3.68. The standard InChI is InChI=1S/C20H19F5N2O/c1-2-3-4-14-5-7-15(8-6-14)11-26-27-12-16-9-17(21)19(18(22)10-16)28-13-20(23,24)25/h5-12H,2-4,13H2,1H3/b26-11+,27-12+. The largest absolute Gasteiger partial charge is 0.478 e. The Morgan fingerprint density at radius 1 is 0.929 bits per heavy atom. The predicted octanol–water partition coefficient (Wildman–Crippen LogP) is 5.70. The Bertz CT molecular complexity index is 806. The van der Waals surface area contributed by atoms with Gasteiger partial charge in [0.05, 0.1) is 12.4 Å². The van der Waals surface area contributed by atoms with E-state index in [9.17, 15) is 22.0 Å². The molecule has 3 nitrogen and oxygen atoms in total. The molecular formula is C20H19F5N2O. The van der Waals surface area contributed by atoms with Crippen molar-refractivity contribution in [2.45, 2.75) is 32.4 Å². The molecule has 0 heterocycles. The number of rotatable bonds is 8. The van der Waals surface area contributed by atoms with Crippen molar-refractivity contribution < 1.29 is 26.7 Å². The van der Waals surface area contributed by atoms with Crippen molar-refractivity contribution in [2.75, 3.05) is 6.61 Å². The van der Waals surface area contributed by atoms with Crippen molar-refractivity contribution in [3.8, 4) is 5.75 Å². The maximum absolute atomic E-state index is 13.8. The minimum atomic E-state index is -4.69. The van der Waals surface area contributed by atoms with Crippen LogP contribution in [0.3, 0.4) is 0 Å². The van der Waals surface area contributed by atoms with Crippen molar-refractivity contribution >= 4 is 12.4 Å². The first-order chi connectivity index (χ1) is 13.3. The Balaban J connectivity index is 1.99. The molecule has 28 heavy (non-hydrogen) atoms. The molecule has 0 radical (unpaired) electrons. The van der Waals surface area contributed by atoms with E-state index in [1.54, 1.807) is 0 Å². The molecule has 150 valence electrons. The van der Waals surface area contributed by atoms with Crippen molar-refractivity contribution in [1.82, 2.24) is 0 Å². The molecule has 0 aliphatic carbocycles. The van der Waals surface area contributed by atoms with E-state index >= 15 is 0 Å². The van der Waals surface area contributed by atoms with Gasteiger partial charge in [0.15, 0.2) is 24.0 Å². The van der Waals surface area contributed by atoms with Crippen LogP contribution in [0.4, 0.5) is 22.0 Å². The van der Waals surface area contributed by atoms with E-state index in [0.717, 1.165) is 43.2 Å². The van der Waals surface area contributed by atoms with Crippen LogP contribution in [-0.2, 0) is 6.42 Å². The number of unbranched alkanes of at least 4 members (excludes halogenated alkanes) is 1. The van der Waals surface area contributed by atoms with E-state index in [2.05, 4.69) is 21.9 Å². The van der Waals surface area contributed by atoms with Crippen LogP contribution in [0.2, 0.25) is 0 Å². The number of hydrogen-bond donors (Lipinski definition) is 0. The lowest BCUT2D eigenvalue weighted by atomic mass is 10.1. The highest BCUT2D eigenvalue weighted by Gasteiger charge is 2.29. The summed E-state index contributed by atoms with van der Waals surface area (Å²) in [5.41, 5.74) is 2.04. The molecule has 0 unspecified atom stereocenters. The number of benzene rings is 2. The quantitative estimate of drug-likeness (QED) is 0.319. The first-order valence-corrected chi connectivity index (χ1v) is 8.62. The summed E-state index contributed by atoms with van der Waals surface area (Å²) in [6.45, 7) is 0.343. The molecule has 0 fully saturated rings. The maximum Gasteiger partial charge on any atom is 0.422 e. The van der Waals surface area contributed by atoms with Crippen LogP contribution in [0.1, 0.15) is 36.5 Å². The molecule has 2 aromatic carbocycles. The van der Waals surface area contributed by atoms with E-state index in [0.29, 0.717) is 0 Å². The zero-order valence-corrected chi connectivity index (χ0v) is 15.1. The zero-order chi connectivity index (χ0) is 20.6. The third kappa shape index (κ3) is 7.09. The number of ether oxygens (including phenoxy) is 1. The normalized spacial score (nSPS) is 12.2. The fourth-order valence-electron chi connectivity index (χ4n) is 2.30. The van der Waals surface area contributed by atoms with E-state index < -0.39 is 30.2 Å². The summed E-state index contributed by atoms with van der Waals surface area (Å²) in [4.78, 5) is 0. The molecule has 0 amide bonds. The van der Waals surface area contributed by atoms with Crippen LogP contribution in [-0.4, -0.2) is 25.2 Å². The Hall–Kier alpha value is -2.77. The molecule has 2 aromatic rings. The van der Waals surface area contributed by atoms with Crippen molar-refractivity contribution in [3.63, 3.8) is 0 Å². The summed E-state index contributed by atoms with van der Waals surface area (Å²) in [5, 5.41) is 7.49. The lowest BCUT2D eigenvalue weighted by molar-refractivity contribution is -0.154. The van der Waals surface area contributed by atoms with Gasteiger partial charge in [0.1, 0.15) is 0 Å². The molecule has 0 aromatic heterocycles. The molecule has 0 spiro atoms. The SMILES string of the molecule is CCCCc1ccc(/C=N/N=C/c2cc(F)c(OCC(F)(F)F)c(F)c2)cc1. The first-order valence-electron chi connectivity index (χ1n) is 8.62. The van der Waals surface area contributed by atoms with Gasteiger partial charge in [-0.25, -0.2) is 8.78 Å². The predicted molar refractivity (Wildman–Crippen MR) is 98.2 cm³/mol. The number of nitrogens with zero attached hydrogens (tertiary/aromatic N) is 2. The molecule has 0 aliphatic heterocycles. The van der Waals surface area contributed by atoms with E-state index in [-0.39, 0.29) is 5.56 Å². The highest BCUT2D eigenvalue weighted by Crippen LogP contribution is 2.25. The second kappa shape index (κ2) is 9.96. The number of alkyl halides is 3. The molecule has 0 bridgehead atoms. The molecule has 0 atom stereocenters. The summed E-state index contributed by atoms with van der Waals surface area (Å²) in [7, 11) is 0. The van der Waals surface area contributed by atoms with E-state index in [1.165, 1.54) is 11.8 Å². The van der Waals surface area contributed by atoms with Crippen LogP contribution in [0.15, 0.2) is 46.6 Å². The molecule has 2 rings (SSSR count). The van der Waals surface area contributed by atoms with Gasteiger partial charge in [-0.05, 0) is 36.1 Å². The Labute approximate surface area is 159 Å². The van der Waals surface area contributed by atoms with Gasteiger partial charge in [0.2, 0.25) is 0 Å². The molecule has 0 saturated heterocycles. The monoisotopic (exact) mass is 398 g/mol. The minimum absolute atomic E-state index is 0.00132. The van der Waals surface area contributed by atoms with Gasteiger partial charge in [-0.15, -0.1) is 0 Å². The number of halogens is 5. The van der Waals surface area contributed by atoms with Crippen molar-refractivity contribution in [2.24, 2.45) is 10.2 Å². The number of aryl methyl sites for hydroxylation is 1. The van der Waals surface area contributed by atoms with Crippen LogP contribution in [0.5, 0.6) is 5.75 Å². The third-order valence-electron chi connectivity index (χ3n) is 3.68. The van der Waals surface area contributed by atoms with Crippen LogP contribution >= 0.6 is 0 Å². The van der Waals surface area contributed by atoms with Crippen LogP contribution in [0.25, 0.3) is 0 Å². The van der Waals surface area contributed by atoms with E-state index in [4.69, 9.17) is 0 Å². The molecule has 0 saturated carbocycles. The Kier molecular flexibility index (Phi) is 7.66. The van der Waals surface area contributed by atoms with Gasteiger partial charge < -0.3 is 4.74 Å².